The Morgan fingerprint density at radius 2 is 2.11 bits per heavy atom. The quantitative estimate of drug-likeness (QED) is 0.610. The van der Waals surface area contributed by atoms with Crippen molar-refractivity contribution in [2.75, 3.05) is 33.5 Å². The van der Waals surface area contributed by atoms with E-state index < -0.39 is 0 Å². The van der Waals surface area contributed by atoms with Crippen LogP contribution in [0.25, 0.3) is 0 Å². The Labute approximate surface area is 114 Å². The third-order valence-electron chi connectivity index (χ3n) is 2.82. The fourth-order valence-corrected chi connectivity index (χ4v) is 1.74. The summed E-state index contributed by atoms with van der Waals surface area (Å²) in [7, 11) is 1.66. The van der Waals surface area contributed by atoms with Gasteiger partial charge in [0, 0.05) is 26.0 Å². The number of nitrogens with one attached hydrogen (secondary N) is 1. The molecule has 0 aliphatic rings. The van der Waals surface area contributed by atoms with Crippen molar-refractivity contribution in [3.05, 3.63) is 11.7 Å². The number of hydrogen-bond donors (Lipinski definition) is 1. The highest BCUT2D eigenvalue weighted by Gasteiger charge is 2.12. The molecule has 1 aromatic heterocycles. The van der Waals surface area contributed by atoms with E-state index in [0.29, 0.717) is 44.0 Å². The van der Waals surface area contributed by atoms with Crippen LogP contribution in [-0.2, 0) is 22.3 Å². The summed E-state index contributed by atoms with van der Waals surface area (Å²) < 4.78 is 15.5. The Morgan fingerprint density at radius 1 is 1.26 bits per heavy atom. The molecule has 0 aromatic carbocycles. The van der Waals surface area contributed by atoms with Crippen LogP contribution in [0, 0.1) is 0 Å². The van der Waals surface area contributed by atoms with Gasteiger partial charge in [0.2, 0.25) is 5.89 Å². The molecule has 0 aliphatic heterocycles. The van der Waals surface area contributed by atoms with E-state index in [9.17, 15) is 0 Å². The fraction of sp³-hybridized carbons (Fsp3) is 0.846. The number of rotatable bonds is 11. The van der Waals surface area contributed by atoms with Crippen molar-refractivity contribution in [1.29, 1.82) is 0 Å². The molecule has 19 heavy (non-hydrogen) atoms. The van der Waals surface area contributed by atoms with E-state index in [1.807, 2.05) is 0 Å². The first-order chi connectivity index (χ1) is 9.30. The lowest BCUT2D eigenvalue weighted by atomic mass is 10.1. The largest absolute Gasteiger partial charge is 0.382 e. The third-order valence-corrected chi connectivity index (χ3v) is 2.82. The fourth-order valence-electron chi connectivity index (χ4n) is 1.74. The smallest absolute Gasteiger partial charge is 0.228 e. The van der Waals surface area contributed by atoms with Gasteiger partial charge in [0.25, 0.3) is 0 Å². The lowest BCUT2D eigenvalue weighted by Crippen LogP contribution is -2.30. The van der Waals surface area contributed by atoms with E-state index in [1.54, 1.807) is 7.11 Å². The third kappa shape index (κ3) is 6.66. The van der Waals surface area contributed by atoms with Gasteiger partial charge in [0.1, 0.15) is 0 Å². The van der Waals surface area contributed by atoms with Crippen molar-refractivity contribution in [1.82, 2.24) is 15.5 Å². The molecule has 1 unspecified atom stereocenters. The standard InChI is InChI=1S/C13H25N3O3/c1-4-11(14-5-2)10-13-15-12(16-19-13)6-7-18-9-8-17-3/h11,14H,4-10H2,1-3H3. The summed E-state index contributed by atoms with van der Waals surface area (Å²) in [4.78, 5) is 4.37. The van der Waals surface area contributed by atoms with Crippen molar-refractivity contribution >= 4 is 0 Å². The second kappa shape index (κ2) is 9.89. The summed E-state index contributed by atoms with van der Waals surface area (Å²) in [6.07, 6.45) is 2.50. The van der Waals surface area contributed by atoms with Gasteiger partial charge in [-0.3, -0.25) is 0 Å². The number of methoxy groups -OCH3 is 1. The van der Waals surface area contributed by atoms with Crippen LogP contribution < -0.4 is 5.32 Å². The number of ether oxygens (including phenoxy) is 2. The van der Waals surface area contributed by atoms with Crippen molar-refractivity contribution in [3.8, 4) is 0 Å². The average Bonchev–Trinajstić information content (AvgIpc) is 2.85. The molecule has 6 nitrogen and oxygen atoms in total. The van der Waals surface area contributed by atoms with Gasteiger partial charge < -0.3 is 19.3 Å². The van der Waals surface area contributed by atoms with Gasteiger partial charge in [-0.2, -0.15) is 4.98 Å². The molecule has 1 rings (SSSR count). The first kappa shape index (κ1) is 16.1. The van der Waals surface area contributed by atoms with Gasteiger partial charge in [-0.05, 0) is 13.0 Å². The average molecular weight is 271 g/mol. The second-order valence-corrected chi connectivity index (χ2v) is 4.33. The molecule has 0 bridgehead atoms. The zero-order valence-corrected chi connectivity index (χ0v) is 12.1. The molecule has 1 atom stereocenters. The predicted molar refractivity (Wildman–Crippen MR) is 72.2 cm³/mol. The lowest BCUT2D eigenvalue weighted by molar-refractivity contribution is 0.0714. The molecule has 0 amide bonds. The molecule has 1 aromatic rings. The summed E-state index contributed by atoms with van der Waals surface area (Å²) in [6.45, 7) is 6.99. The summed E-state index contributed by atoms with van der Waals surface area (Å²) in [5, 5.41) is 7.35. The molecular formula is C13H25N3O3. The maximum atomic E-state index is 5.37. The zero-order valence-electron chi connectivity index (χ0n) is 12.1. The van der Waals surface area contributed by atoms with Gasteiger partial charge in [-0.25, -0.2) is 0 Å². The summed E-state index contributed by atoms with van der Waals surface area (Å²) in [6, 6.07) is 0.399. The summed E-state index contributed by atoms with van der Waals surface area (Å²) in [5.41, 5.74) is 0. The monoisotopic (exact) mass is 271 g/mol. The van der Waals surface area contributed by atoms with E-state index in [1.165, 1.54) is 0 Å². The maximum absolute atomic E-state index is 5.37. The number of likely N-dealkylation sites (N-methyl/N-ethyl adjacent to an activating group) is 1. The van der Waals surface area contributed by atoms with Crippen molar-refractivity contribution in [3.63, 3.8) is 0 Å². The SMILES string of the molecule is CCNC(CC)Cc1nc(CCOCCOC)no1. The van der Waals surface area contributed by atoms with Crippen molar-refractivity contribution < 1.29 is 14.0 Å². The molecule has 1 heterocycles. The highest BCUT2D eigenvalue weighted by molar-refractivity contribution is 4.89. The molecular weight excluding hydrogens is 246 g/mol. The second-order valence-electron chi connectivity index (χ2n) is 4.33. The minimum Gasteiger partial charge on any atom is -0.382 e. The number of nitrogens with zero attached hydrogens (tertiary/aromatic N) is 2. The summed E-state index contributed by atoms with van der Waals surface area (Å²) >= 11 is 0. The van der Waals surface area contributed by atoms with Crippen LogP contribution >= 0.6 is 0 Å². The zero-order chi connectivity index (χ0) is 13.9. The van der Waals surface area contributed by atoms with Crippen LogP contribution in [0.4, 0.5) is 0 Å². The van der Waals surface area contributed by atoms with Crippen LogP contribution in [0.3, 0.4) is 0 Å². The van der Waals surface area contributed by atoms with Crippen molar-refractivity contribution in [2.24, 2.45) is 0 Å². The van der Waals surface area contributed by atoms with Crippen LogP contribution in [0.5, 0.6) is 0 Å². The van der Waals surface area contributed by atoms with Gasteiger partial charge in [-0.1, -0.05) is 19.0 Å². The first-order valence-electron chi connectivity index (χ1n) is 6.91. The van der Waals surface area contributed by atoms with Crippen LogP contribution in [0.1, 0.15) is 32.0 Å². The van der Waals surface area contributed by atoms with Crippen LogP contribution in [0.2, 0.25) is 0 Å². The highest BCUT2D eigenvalue weighted by atomic mass is 16.5. The van der Waals surface area contributed by atoms with E-state index >= 15 is 0 Å². The van der Waals surface area contributed by atoms with Gasteiger partial charge in [0.05, 0.1) is 19.8 Å². The highest BCUT2D eigenvalue weighted by Crippen LogP contribution is 2.04. The van der Waals surface area contributed by atoms with E-state index in [2.05, 4.69) is 29.3 Å². The molecule has 0 saturated carbocycles. The number of hydrogen-bond acceptors (Lipinski definition) is 6. The Hall–Kier alpha value is -0.980. The first-order valence-corrected chi connectivity index (χ1v) is 6.91. The maximum Gasteiger partial charge on any atom is 0.228 e. The van der Waals surface area contributed by atoms with E-state index in [4.69, 9.17) is 14.0 Å². The predicted octanol–water partition coefficient (Wildman–Crippen LogP) is 1.21. The minimum absolute atomic E-state index is 0.399. The topological polar surface area (TPSA) is 69.4 Å². The van der Waals surface area contributed by atoms with Gasteiger partial charge >= 0.3 is 0 Å². The molecule has 0 saturated heterocycles. The molecule has 0 spiro atoms. The normalized spacial score (nSPS) is 12.8. The van der Waals surface area contributed by atoms with Crippen LogP contribution in [-0.4, -0.2) is 49.7 Å². The summed E-state index contributed by atoms with van der Waals surface area (Å²) in [5.74, 6) is 1.40. The molecule has 0 radical (unpaired) electrons. The van der Waals surface area contributed by atoms with Crippen molar-refractivity contribution in [2.45, 2.75) is 39.2 Å². The Morgan fingerprint density at radius 3 is 2.79 bits per heavy atom. The Bertz CT molecular complexity index is 331. The molecule has 1 N–H and O–H groups in total. The van der Waals surface area contributed by atoms with E-state index in [0.717, 1.165) is 19.4 Å². The van der Waals surface area contributed by atoms with Gasteiger partial charge in [0.15, 0.2) is 5.82 Å². The van der Waals surface area contributed by atoms with Crippen LogP contribution in [0.15, 0.2) is 4.52 Å². The van der Waals surface area contributed by atoms with E-state index in [-0.39, 0.29) is 0 Å². The minimum atomic E-state index is 0.399. The lowest BCUT2D eigenvalue weighted by Gasteiger charge is -2.12. The van der Waals surface area contributed by atoms with Gasteiger partial charge in [-0.15, -0.1) is 0 Å². The molecule has 0 fully saturated rings. The molecule has 6 heteroatoms. The molecule has 0 aliphatic carbocycles. The number of aromatic nitrogens is 2. The molecule has 110 valence electrons. The Balaban J connectivity index is 2.27. The Kier molecular flexibility index (Phi) is 8.36.